The van der Waals surface area contributed by atoms with Crippen LogP contribution in [-0.4, -0.2) is 68.8 Å². The molecule has 2 unspecified atom stereocenters. The summed E-state index contributed by atoms with van der Waals surface area (Å²) >= 11 is 6.51. The monoisotopic (exact) mass is 471 g/mol. The highest BCUT2D eigenvalue weighted by atomic mass is 35.5. The van der Waals surface area contributed by atoms with Crippen LogP contribution in [-0.2, 0) is 14.3 Å². The van der Waals surface area contributed by atoms with Crippen molar-refractivity contribution in [2.24, 2.45) is 5.41 Å². The van der Waals surface area contributed by atoms with E-state index in [9.17, 15) is 15.0 Å². The van der Waals surface area contributed by atoms with Crippen LogP contribution in [0.25, 0.3) is 22.4 Å². The van der Waals surface area contributed by atoms with Gasteiger partial charge in [-0.05, 0) is 25.0 Å². The third kappa shape index (κ3) is 3.38. The molecule has 6 rings (SSSR count). The highest BCUT2D eigenvalue weighted by Gasteiger charge is 2.57. The summed E-state index contributed by atoms with van der Waals surface area (Å²) in [5, 5.41) is 19.7. The minimum Gasteiger partial charge on any atom is -0.481 e. The molecule has 0 spiro atoms. The van der Waals surface area contributed by atoms with E-state index in [-0.39, 0.29) is 36.8 Å². The molecule has 172 valence electrons. The standard InChI is InChI=1S/C23H22ClN3O6/c1-23(21(29)30)7-12(23)10-2-4-11(5-3-10)17-13(24)6-14-20(26-17)27-22(25-14)33-16-9-32-18-15(28)8-31-19(16)18/h2-6,12,15-16,18-19,28H,7-9H2,1H3,(H,29,30)(H,25,26,27)/t12?,15-,16-,18-,19-,23?/m1/s1. The third-order valence-electron chi connectivity index (χ3n) is 6.96. The predicted molar refractivity (Wildman–Crippen MR) is 117 cm³/mol. The zero-order valence-electron chi connectivity index (χ0n) is 17.7. The molecule has 0 radical (unpaired) electrons. The van der Waals surface area contributed by atoms with Gasteiger partial charge in [0.15, 0.2) is 11.8 Å². The number of pyridine rings is 1. The first-order chi connectivity index (χ1) is 15.8. The van der Waals surface area contributed by atoms with Gasteiger partial charge in [-0.3, -0.25) is 4.79 Å². The number of aliphatic carboxylic acids is 1. The molecular formula is C23H22ClN3O6. The lowest BCUT2D eigenvalue weighted by Gasteiger charge is -2.15. The summed E-state index contributed by atoms with van der Waals surface area (Å²) in [6, 6.07) is 9.70. The van der Waals surface area contributed by atoms with E-state index in [1.807, 2.05) is 24.3 Å². The SMILES string of the molecule is CC1(C(=O)O)CC1c1ccc(-c2nc3nc(O[C@@H]4CO[C@H]5[C@@H]4OC[C@H]5O)[nH]c3cc2Cl)cc1. The average molecular weight is 472 g/mol. The van der Waals surface area contributed by atoms with Gasteiger partial charge in [-0.2, -0.15) is 4.98 Å². The van der Waals surface area contributed by atoms with Crippen molar-refractivity contribution in [2.75, 3.05) is 13.2 Å². The number of rotatable bonds is 5. The summed E-state index contributed by atoms with van der Waals surface area (Å²) in [5.41, 5.74) is 2.79. The molecule has 3 aliphatic rings. The van der Waals surface area contributed by atoms with Gasteiger partial charge >= 0.3 is 5.97 Å². The maximum Gasteiger partial charge on any atom is 0.309 e. The van der Waals surface area contributed by atoms with Crippen LogP contribution in [0.3, 0.4) is 0 Å². The van der Waals surface area contributed by atoms with Gasteiger partial charge in [0, 0.05) is 11.5 Å². The number of carboxylic acid groups (broad SMARTS) is 1. The third-order valence-corrected chi connectivity index (χ3v) is 7.25. The first-order valence-electron chi connectivity index (χ1n) is 10.8. The van der Waals surface area contributed by atoms with Gasteiger partial charge in [-0.25, -0.2) is 4.98 Å². The number of ether oxygens (including phenoxy) is 3. The minimum absolute atomic E-state index is 0.0186. The summed E-state index contributed by atoms with van der Waals surface area (Å²) in [6.45, 7) is 2.30. The van der Waals surface area contributed by atoms with E-state index in [0.29, 0.717) is 34.9 Å². The molecule has 3 N–H and O–H groups in total. The van der Waals surface area contributed by atoms with E-state index in [2.05, 4.69) is 15.0 Å². The maximum atomic E-state index is 11.4. The minimum atomic E-state index is -0.765. The van der Waals surface area contributed by atoms with Gasteiger partial charge in [0.2, 0.25) is 0 Å². The number of aromatic nitrogens is 3. The number of aromatic amines is 1. The Kier molecular flexibility index (Phi) is 4.67. The molecular weight excluding hydrogens is 450 g/mol. The first kappa shape index (κ1) is 20.9. The summed E-state index contributed by atoms with van der Waals surface area (Å²) in [7, 11) is 0. The molecule has 1 aromatic carbocycles. The number of fused-ring (bicyclic) bond motifs is 2. The van der Waals surface area contributed by atoms with Crippen LogP contribution in [0, 0.1) is 5.41 Å². The van der Waals surface area contributed by atoms with Gasteiger partial charge in [0.1, 0.15) is 18.3 Å². The number of H-pyrrole nitrogens is 1. The molecule has 1 saturated carbocycles. The zero-order valence-corrected chi connectivity index (χ0v) is 18.5. The van der Waals surface area contributed by atoms with Crippen molar-refractivity contribution in [2.45, 2.75) is 43.7 Å². The smallest absolute Gasteiger partial charge is 0.309 e. The molecule has 3 aromatic rings. The summed E-state index contributed by atoms with van der Waals surface area (Å²) in [6.07, 6.45) is -1.11. The Bertz CT molecular complexity index is 1250. The second-order valence-electron chi connectivity index (χ2n) is 9.15. The van der Waals surface area contributed by atoms with E-state index < -0.39 is 17.5 Å². The van der Waals surface area contributed by atoms with Crippen LogP contribution in [0.15, 0.2) is 30.3 Å². The molecule has 2 aromatic heterocycles. The Hall–Kier alpha value is -2.72. The van der Waals surface area contributed by atoms with Crippen LogP contribution in [0.5, 0.6) is 6.01 Å². The van der Waals surface area contributed by atoms with Crippen molar-refractivity contribution in [3.63, 3.8) is 0 Å². The van der Waals surface area contributed by atoms with Crippen LogP contribution < -0.4 is 4.74 Å². The highest BCUT2D eigenvalue weighted by molar-refractivity contribution is 6.33. The number of imidazole rings is 1. The van der Waals surface area contributed by atoms with Crippen LogP contribution >= 0.6 is 11.6 Å². The fraction of sp³-hybridized carbons (Fsp3) is 0.435. The topological polar surface area (TPSA) is 127 Å². The lowest BCUT2D eigenvalue weighted by molar-refractivity contribution is -0.142. The lowest BCUT2D eigenvalue weighted by atomic mass is 9.99. The molecule has 1 aliphatic carbocycles. The molecule has 9 nitrogen and oxygen atoms in total. The molecule has 6 atom stereocenters. The molecule has 2 saturated heterocycles. The number of benzene rings is 1. The number of aliphatic hydroxyl groups excluding tert-OH is 1. The van der Waals surface area contributed by atoms with Crippen molar-refractivity contribution < 1.29 is 29.2 Å². The number of halogens is 1. The Morgan fingerprint density at radius 3 is 2.70 bits per heavy atom. The van der Waals surface area contributed by atoms with E-state index in [1.165, 1.54) is 0 Å². The largest absolute Gasteiger partial charge is 0.481 e. The second kappa shape index (κ2) is 7.39. The predicted octanol–water partition coefficient (Wildman–Crippen LogP) is 2.76. The zero-order chi connectivity index (χ0) is 22.9. The second-order valence-corrected chi connectivity index (χ2v) is 9.56. The quantitative estimate of drug-likeness (QED) is 0.518. The highest BCUT2D eigenvalue weighted by Crippen LogP contribution is 2.59. The van der Waals surface area contributed by atoms with E-state index in [0.717, 1.165) is 11.1 Å². The lowest BCUT2D eigenvalue weighted by Crippen LogP contribution is -2.34. The van der Waals surface area contributed by atoms with Gasteiger partial charge < -0.3 is 29.4 Å². The summed E-state index contributed by atoms with van der Waals surface area (Å²) in [5.74, 6) is -0.746. The van der Waals surface area contributed by atoms with Crippen molar-refractivity contribution in [1.82, 2.24) is 15.0 Å². The number of carbonyl (C=O) groups is 1. The Morgan fingerprint density at radius 2 is 1.97 bits per heavy atom. The van der Waals surface area contributed by atoms with Gasteiger partial charge in [-0.15, -0.1) is 0 Å². The van der Waals surface area contributed by atoms with Gasteiger partial charge in [-0.1, -0.05) is 35.9 Å². The Labute approximate surface area is 193 Å². The Balaban J connectivity index is 1.23. The molecule has 0 amide bonds. The molecule has 4 heterocycles. The van der Waals surface area contributed by atoms with Crippen molar-refractivity contribution in [3.8, 4) is 17.3 Å². The maximum absolute atomic E-state index is 11.4. The number of nitrogens with zero attached hydrogens (tertiary/aromatic N) is 2. The van der Waals surface area contributed by atoms with Crippen LogP contribution in [0.4, 0.5) is 0 Å². The summed E-state index contributed by atoms with van der Waals surface area (Å²) < 4.78 is 17.1. The number of nitrogens with one attached hydrogen (secondary N) is 1. The van der Waals surface area contributed by atoms with Crippen molar-refractivity contribution in [3.05, 3.63) is 40.9 Å². The normalized spacial score (nSPS) is 32.8. The number of hydrogen-bond acceptors (Lipinski definition) is 7. The number of hydrogen-bond donors (Lipinski definition) is 3. The van der Waals surface area contributed by atoms with Gasteiger partial charge in [0.05, 0.1) is 34.9 Å². The summed E-state index contributed by atoms with van der Waals surface area (Å²) in [4.78, 5) is 23.6. The molecule has 10 heteroatoms. The number of carboxylic acids is 1. The first-order valence-corrected chi connectivity index (χ1v) is 11.2. The molecule has 0 bridgehead atoms. The van der Waals surface area contributed by atoms with Crippen molar-refractivity contribution in [1.29, 1.82) is 0 Å². The fourth-order valence-electron chi connectivity index (χ4n) is 4.80. The molecule has 3 fully saturated rings. The Morgan fingerprint density at radius 1 is 1.21 bits per heavy atom. The number of aliphatic hydroxyl groups is 1. The van der Waals surface area contributed by atoms with Crippen molar-refractivity contribution >= 4 is 28.7 Å². The van der Waals surface area contributed by atoms with E-state index in [4.69, 9.17) is 25.8 Å². The van der Waals surface area contributed by atoms with Crippen LogP contribution in [0.2, 0.25) is 5.02 Å². The van der Waals surface area contributed by atoms with Gasteiger partial charge in [0.25, 0.3) is 6.01 Å². The molecule has 33 heavy (non-hydrogen) atoms. The average Bonchev–Trinajstić information content (AvgIpc) is 3.08. The van der Waals surface area contributed by atoms with Crippen LogP contribution in [0.1, 0.15) is 24.8 Å². The van der Waals surface area contributed by atoms with E-state index in [1.54, 1.807) is 13.0 Å². The fourth-order valence-corrected chi connectivity index (χ4v) is 5.06. The van der Waals surface area contributed by atoms with E-state index >= 15 is 0 Å². The molecule has 2 aliphatic heterocycles.